The number of nitrogens with one attached hydrogen (secondary N) is 3. The third kappa shape index (κ3) is 6.94. The number of hydrogen-bond acceptors (Lipinski definition) is 5. The Labute approximate surface area is 181 Å². The van der Waals surface area contributed by atoms with Crippen molar-refractivity contribution in [2.45, 2.75) is 32.2 Å². The number of halogens is 2. The van der Waals surface area contributed by atoms with Gasteiger partial charge in [-0.2, -0.15) is 0 Å². The molecule has 0 unspecified atom stereocenters. The highest BCUT2D eigenvalue weighted by atomic mass is 35.5. The van der Waals surface area contributed by atoms with Crippen LogP contribution in [0.5, 0.6) is 0 Å². The van der Waals surface area contributed by atoms with Crippen LogP contribution in [0.1, 0.15) is 31.2 Å². The molecule has 1 saturated heterocycles. The van der Waals surface area contributed by atoms with Gasteiger partial charge < -0.3 is 20.9 Å². The second-order valence-corrected chi connectivity index (χ2v) is 7.79. The highest BCUT2D eigenvalue weighted by Crippen LogP contribution is 2.22. The molecule has 0 aromatic carbocycles. The second-order valence-electron chi connectivity index (χ2n) is 6.95. The van der Waals surface area contributed by atoms with Gasteiger partial charge in [0.1, 0.15) is 11.6 Å². The first-order valence-corrected chi connectivity index (χ1v) is 10.6. The van der Waals surface area contributed by atoms with E-state index in [1.807, 2.05) is 18.3 Å². The molecule has 29 heavy (non-hydrogen) atoms. The van der Waals surface area contributed by atoms with Crippen molar-refractivity contribution in [3.63, 3.8) is 0 Å². The van der Waals surface area contributed by atoms with Crippen molar-refractivity contribution in [3.8, 4) is 0 Å². The number of anilines is 2. The number of aromatic nitrogens is 2. The van der Waals surface area contributed by atoms with Gasteiger partial charge in [0.2, 0.25) is 0 Å². The lowest BCUT2D eigenvalue weighted by atomic mass is 10.2. The van der Waals surface area contributed by atoms with Gasteiger partial charge >= 0.3 is 6.03 Å². The van der Waals surface area contributed by atoms with Gasteiger partial charge in [-0.3, -0.25) is 0 Å². The third-order valence-electron chi connectivity index (χ3n) is 4.70. The minimum absolute atomic E-state index is 0.237. The van der Waals surface area contributed by atoms with Crippen LogP contribution in [0.15, 0.2) is 30.6 Å². The minimum atomic E-state index is -0.237. The highest BCUT2D eigenvalue weighted by Gasteiger charge is 2.11. The van der Waals surface area contributed by atoms with Crippen LogP contribution in [0.25, 0.3) is 0 Å². The maximum Gasteiger partial charge on any atom is 0.315 e. The summed E-state index contributed by atoms with van der Waals surface area (Å²) in [6.07, 6.45) is 8.39. The summed E-state index contributed by atoms with van der Waals surface area (Å²) >= 11 is 11.9. The van der Waals surface area contributed by atoms with Crippen molar-refractivity contribution in [1.29, 1.82) is 0 Å². The molecule has 0 bridgehead atoms. The topological polar surface area (TPSA) is 82.2 Å². The minimum Gasteiger partial charge on any atom is -0.367 e. The highest BCUT2D eigenvalue weighted by molar-refractivity contribution is 6.35. The Bertz CT molecular complexity index is 794. The van der Waals surface area contributed by atoms with E-state index in [2.05, 4.69) is 30.8 Å². The van der Waals surface area contributed by atoms with Gasteiger partial charge in [0, 0.05) is 45.1 Å². The lowest BCUT2D eigenvalue weighted by Gasteiger charge is -2.21. The number of carbonyl (C=O) groups excluding carboxylic acids is 1. The molecule has 1 aliphatic rings. The van der Waals surface area contributed by atoms with E-state index in [0.717, 1.165) is 24.5 Å². The van der Waals surface area contributed by atoms with Crippen LogP contribution < -0.4 is 20.9 Å². The molecule has 3 rings (SSSR count). The molecule has 0 saturated carbocycles. The van der Waals surface area contributed by atoms with Crippen molar-refractivity contribution < 1.29 is 4.79 Å². The van der Waals surface area contributed by atoms with Gasteiger partial charge in [0.15, 0.2) is 0 Å². The Kier molecular flexibility index (Phi) is 8.19. The number of carbonyl (C=O) groups is 1. The lowest BCUT2D eigenvalue weighted by Crippen LogP contribution is -2.37. The number of pyridine rings is 2. The fourth-order valence-corrected chi connectivity index (χ4v) is 3.60. The molecule has 0 radical (unpaired) electrons. The van der Waals surface area contributed by atoms with E-state index in [-0.39, 0.29) is 6.03 Å². The fraction of sp³-hybridized carbons (Fsp3) is 0.450. The van der Waals surface area contributed by atoms with E-state index in [9.17, 15) is 4.79 Å². The summed E-state index contributed by atoms with van der Waals surface area (Å²) in [7, 11) is 0. The molecule has 9 heteroatoms. The van der Waals surface area contributed by atoms with Crippen LogP contribution in [0.4, 0.5) is 16.4 Å². The van der Waals surface area contributed by atoms with Crippen LogP contribution >= 0.6 is 23.2 Å². The van der Waals surface area contributed by atoms with E-state index in [1.54, 1.807) is 6.07 Å². The molecular formula is C20H26Cl2N6O. The van der Waals surface area contributed by atoms with Crippen molar-refractivity contribution in [2.75, 3.05) is 36.4 Å². The monoisotopic (exact) mass is 436 g/mol. The first-order chi connectivity index (χ1) is 14.1. The van der Waals surface area contributed by atoms with Gasteiger partial charge in [-0.05, 0) is 30.5 Å². The zero-order valence-electron chi connectivity index (χ0n) is 16.3. The van der Waals surface area contributed by atoms with Crippen LogP contribution in [0.2, 0.25) is 10.0 Å². The summed E-state index contributed by atoms with van der Waals surface area (Å²) < 4.78 is 0. The molecule has 1 aliphatic heterocycles. The maximum absolute atomic E-state index is 12.0. The summed E-state index contributed by atoms with van der Waals surface area (Å²) in [5.41, 5.74) is 0.967. The Hall–Kier alpha value is -2.25. The Morgan fingerprint density at radius 3 is 2.48 bits per heavy atom. The Morgan fingerprint density at radius 2 is 1.79 bits per heavy atom. The molecule has 2 aromatic heterocycles. The molecule has 2 amide bonds. The molecular weight excluding hydrogens is 411 g/mol. The first kappa shape index (κ1) is 21.5. The third-order valence-corrected chi connectivity index (χ3v) is 5.20. The number of nitrogens with zero attached hydrogens (tertiary/aromatic N) is 3. The standard InChI is InChI=1S/C20H26Cl2N6O/c21-16-11-17(22)19(26-14-16)23-7-8-24-20(29)27-13-15-5-6-18(25-12-15)28-9-3-1-2-4-10-28/h5-6,11-12,14H,1-4,7-10,13H2,(H,23,26)(H2,24,27,29). The Morgan fingerprint density at radius 1 is 1.00 bits per heavy atom. The van der Waals surface area contributed by atoms with Gasteiger partial charge in [0.05, 0.1) is 10.0 Å². The van der Waals surface area contributed by atoms with Crippen LogP contribution in [0, 0.1) is 0 Å². The van der Waals surface area contributed by atoms with Crippen molar-refractivity contribution in [2.24, 2.45) is 0 Å². The smallest absolute Gasteiger partial charge is 0.315 e. The lowest BCUT2D eigenvalue weighted by molar-refractivity contribution is 0.241. The Balaban J connectivity index is 1.35. The number of amides is 2. The molecule has 0 aliphatic carbocycles. The predicted octanol–water partition coefficient (Wildman–Crippen LogP) is 4.08. The van der Waals surface area contributed by atoms with E-state index in [1.165, 1.54) is 31.9 Å². The quantitative estimate of drug-likeness (QED) is 0.569. The molecule has 7 nitrogen and oxygen atoms in total. The van der Waals surface area contributed by atoms with Crippen LogP contribution in [-0.4, -0.2) is 42.2 Å². The molecule has 0 spiro atoms. The van der Waals surface area contributed by atoms with E-state index < -0.39 is 0 Å². The molecule has 3 N–H and O–H groups in total. The average molecular weight is 437 g/mol. The molecule has 0 atom stereocenters. The van der Waals surface area contributed by atoms with E-state index >= 15 is 0 Å². The second kappa shape index (κ2) is 11.1. The summed E-state index contributed by atoms with van der Waals surface area (Å²) in [6.45, 7) is 3.49. The van der Waals surface area contributed by atoms with Crippen LogP contribution in [0.3, 0.4) is 0 Å². The van der Waals surface area contributed by atoms with Gasteiger partial charge in [-0.15, -0.1) is 0 Å². The van der Waals surface area contributed by atoms with Crippen molar-refractivity contribution in [3.05, 3.63) is 46.2 Å². The normalized spacial score (nSPS) is 14.2. The van der Waals surface area contributed by atoms with E-state index in [0.29, 0.717) is 35.5 Å². The van der Waals surface area contributed by atoms with Gasteiger partial charge in [-0.1, -0.05) is 42.1 Å². The van der Waals surface area contributed by atoms with E-state index in [4.69, 9.17) is 23.2 Å². The van der Waals surface area contributed by atoms with Gasteiger partial charge in [-0.25, -0.2) is 14.8 Å². The zero-order valence-corrected chi connectivity index (χ0v) is 17.8. The maximum atomic E-state index is 12.0. The van der Waals surface area contributed by atoms with Crippen molar-refractivity contribution in [1.82, 2.24) is 20.6 Å². The summed E-state index contributed by atoms with van der Waals surface area (Å²) in [5, 5.41) is 9.59. The summed E-state index contributed by atoms with van der Waals surface area (Å²) in [5.74, 6) is 1.55. The number of rotatable bonds is 7. The van der Waals surface area contributed by atoms with Gasteiger partial charge in [0.25, 0.3) is 0 Å². The molecule has 2 aromatic rings. The molecule has 156 valence electrons. The number of hydrogen-bond donors (Lipinski definition) is 3. The first-order valence-electron chi connectivity index (χ1n) is 9.88. The largest absolute Gasteiger partial charge is 0.367 e. The molecule has 3 heterocycles. The summed E-state index contributed by atoms with van der Waals surface area (Å²) in [4.78, 5) is 23.0. The predicted molar refractivity (Wildman–Crippen MR) is 118 cm³/mol. The summed E-state index contributed by atoms with van der Waals surface area (Å²) in [6, 6.07) is 5.43. The number of urea groups is 1. The van der Waals surface area contributed by atoms with Crippen LogP contribution in [-0.2, 0) is 6.54 Å². The SMILES string of the molecule is O=C(NCCNc1ncc(Cl)cc1Cl)NCc1ccc(N2CCCCCC2)nc1. The molecule has 1 fully saturated rings. The fourth-order valence-electron chi connectivity index (χ4n) is 3.15. The average Bonchev–Trinajstić information content (AvgIpc) is 3.01. The van der Waals surface area contributed by atoms with Crippen molar-refractivity contribution >= 4 is 40.9 Å². The zero-order chi connectivity index (χ0) is 20.5.